The highest BCUT2D eigenvalue weighted by Gasteiger charge is 2.04. The summed E-state index contributed by atoms with van der Waals surface area (Å²) < 4.78 is 0. The zero-order valence-corrected chi connectivity index (χ0v) is 12.7. The van der Waals surface area contributed by atoms with E-state index in [0.717, 1.165) is 28.5 Å². The van der Waals surface area contributed by atoms with Crippen LogP contribution in [0.25, 0.3) is 0 Å². The number of hydrogen-bond acceptors (Lipinski definition) is 4. The zero-order valence-electron chi connectivity index (χ0n) is 11.9. The molecule has 1 aromatic carbocycles. The van der Waals surface area contributed by atoms with Crippen LogP contribution >= 0.6 is 11.6 Å². The van der Waals surface area contributed by atoms with E-state index in [-0.39, 0.29) is 0 Å². The van der Waals surface area contributed by atoms with Gasteiger partial charge in [-0.05, 0) is 44.0 Å². The van der Waals surface area contributed by atoms with Gasteiger partial charge < -0.3 is 10.6 Å². The standard InChI is InChI=1S/C15H19ClN4/c1-4-11(3)18-14-7-8-17-15(20-14)19-12-6-5-10(2)13(16)9-12/h5-9,11H,4H2,1-3H3,(H2,17,18,19,20). The van der Waals surface area contributed by atoms with E-state index in [1.165, 1.54) is 0 Å². The maximum Gasteiger partial charge on any atom is 0.229 e. The first kappa shape index (κ1) is 14.6. The first-order chi connectivity index (χ1) is 9.58. The molecule has 0 saturated heterocycles. The molecule has 0 bridgehead atoms. The Balaban J connectivity index is 2.12. The van der Waals surface area contributed by atoms with Crippen molar-refractivity contribution in [3.8, 4) is 0 Å². The summed E-state index contributed by atoms with van der Waals surface area (Å²) in [5.74, 6) is 1.37. The van der Waals surface area contributed by atoms with Crippen molar-refractivity contribution in [2.24, 2.45) is 0 Å². The van der Waals surface area contributed by atoms with Crippen molar-refractivity contribution in [3.05, 3.63) is 41.0 Å². The molecule has 5 heteroatoms. The molecule has 1 heterocycles. The van der Waals surface area contributed by atoms with Gasteiger partial charge in [0.15, 0.2) is 0 Å². The molecule has 1 aromatic heterocycles. The Kier molecular flexibility index (Phi) is 4.79. The van der Waals surface area contributed by atoms with Crippen molar-refractivity contribution >= 4 is 29.1 Å². The van der Waals surface area contributed by atoms with Gasteiger partial charge in [-0.2, -0.15) is 4.98 Å². The van der Waals surface area contributed by atoms with Gasteiger partial charge in [-0.25, -0.2) is 4.98 Å². The van der Waals surface area contributed by atoms with Gasteiger partial charge in [-0.15, -0.1) is 0 Å². The third-order valence-corrected chi connectivity index (χ3v) is 3.50. The maximum absolute atomic E-state index is 6.11. The van der Waals surface area contributed by atoms with E-state index in [2.05, 4.69) is 34.4 Å². The highest BCUT2D eigenvalue weighted by Crippen LogP contribution is 2.22. The molecule has 20 heavy (non-hydrogen) atoms. The molecule has 2 N–H and O–H groups in total. The zero-order chi connectivity index (χ0) is 14.5. The summed E-state index contributed by atoms with van der Waals surface area (Å²) in [7, 11) is 0. The number of aryl methyl sites for hydroxylation is 1. The van der Waals surface area contributed by atoms with Crippen LogP contribution in [-0.2, 0) is 0 Å². The van der Waals surface area contributed by atoms with Crippen LogP contribution in [0.2, 0.25) is 5.02 Å². The summed E-state index contributed by atoms with van der Waals surface area (Å²) in [6, 6.07) is 8.03. The normalized spacial score (nSPS) is 12.0. The van der Waals surface area contributed by atoms with E-state index in [1.54, 1.807) is 6.20 Å². The van der Waals surface area contributed by atoms with Crippen LogP contribution in [-0.4, -0.2) is 16.0 Å². The first-order valence-corrected chi connectivity index (χ1v) is 7.09. The Morgan fingerprint density at radius 2 is 2.10 bits per heavy atom. The van der Waals surface area contributed by atoms with E-state index < -0.39 is 0 Å². The second-order valence-corrected chi connectivity index (χ2v) is 5.22. The Hall–Kier alpha value is -1.81. The number of benzene rings is 1. The Labute approximate surface area is 124 Å². The Morgan fingerprint density at radius 1 is 1.30 bits per heavy atom. The minimum atomic E-state index is 0.381. The number of aromatic nitrogens is 2. The SMILES string of the molecule is CCC(C)Nc1ccnc(Nc2ccc(C)c(Cl)c2)n1. The predicted octanol–water partition coefficient (Wildman–Crippen LogP) is 4.39. The lowest BCUT2D eigenvalue weighted by atomic mass is 10.2. The minimum absolute atomic E-state index is 0.381. The van der Waals surface area contributed by atoms with Crippen LogP contribution in [0.4, 0.5) is 17.5 Å². The number of nitrogens with one attached hydrogen (secondary N) is 2. The average molecular weight is 291 g/mol. The molecule has 0 fully saturated rings. The molecule has 0 aliphatic carbocycles. The highest BCUT2D eigenvalue weighted by molar-refractivity contribution is 6.31. The van der Waals surface area contributed by atoms with Gasteiger partial charge in [-0.3, -0.25) is 0 Å². The molecule has 0 aliphatic rings. The quantitative estimate of drug-likeness (QED) is 0.857. The number of hydrogen-bond donors (Lipinski definition) is 2. The Bertz CT molecular complexity index is 586. The van der Waals surface area contributed by atoms with Crippen molar-refractivity contribution in [3.63, 3.8) is 0 Å². The lowest BCUT2D eigenvalue weighted by Gasteiger charge is -2.13. The highest BCUT2D eigenvalue weighted by atomic mass is 35.5. The van der Waals surface area contributed by atoms with Crippen molar-refractivity contribution in [1.82, 2.24) is 9.97 Å². The fourth-order valence-corrected chi connectivity index (χ4v) is 1.83. The lowest BCUT2D eigenvalue weighted by molar-refractivity contribution is 0.758. The summed E-state index contributed by atoms with van der Waals surface area (Å²) in [4.78, 5) is 8.65. The van der Waals surface area contributed by atoms with Gasteiger partial charge in [0.1, 0.15) is 5.82 Å². The molecule has 2 rings (SSSR count). The number of halogens is 1. The van der Waals surface area contributed by atoms with Crippen molar-refractivity contribution < 1.29 is 0 Å². The van der Waals surface area contributed by atoms with E-state index in [9.17, 15) is 0 Å². The van der Waals surface area contributed by atoms with Gasteiger partial charge in [0.2, 0.25) is 5.95 Å². The largest absolute Gasteiger partial charge is 0.367 e. The summed E-state index contributed by atoms with van der Waals surface area (Å²) in [6.07, 6.45) is 2.77. The molecule has 0 radical (unpaired) electrons. The molecule has 1 unspecified atom stereocenters. The van der Waals surface area contributed by atoms with Gasteiger partial charge in [0.05, 0.1) is 0 Å². The van der Waals surface area contributed by atoms with E-state index in [0.29, 0.717) is 12.0 Å². The van der Waals surface area contributed by atoms with Crippen LogP contribution in [0, 0.1) is 6.92 Å². The minimum Gasteiger partial charge on any atom is -0.367 e. The molecule has 0 aliphatic heterocycles. The topological polar surface area (TPSA) is 49.8 Å². The molecule has 0 amide bonds. The van der Waals surface area contributed by atoms with E-state index >= 15 is 0 Å². The molecular formula is C15H19ClN4. The van der Waals surface area contributed by atoms with Gasteiger partial charge in [-0.1, -0.05) is 24.6 Å². The van der Waals surface area contributed by atoms with Crippen molar-refractivity contribution in [2.75, 3.05) is 10.6 Å². The van der Waals surface area contributed by atoms with E-state index in [1.807, 2.05) is 31.2 Å². The summed E-state index contributed by atoms with van der Waals surface area (Å²) in [5.41, 5.74) is 1.92. The first-order valence-electron chi connectivity index (χ1n) is 6.71. The summed E-state index contributed by atoms with van der Waals surface area (Å²) in [5, 5.41) is 7.20. The summed E-state index contributed by atoms with van der Waals surface area (Å²) in [6.45, 7) is 6.22. The van der Waals surface area contributed by atoms with Crippen LogP contribution < -0.4 is 10.6 Å². The van der Waals surface area contributed by atoms with Gasteiger partial charge >= 0.3 is 0 Å². The van der Waals surface area contributed by atoms with Crippen LogP contribution in [0.3, 0.4) is 0 Å². The molecule has 106 valence electrons. The van der Waals surface area contributed by atoms with Crippen LogP contribution in [0.15, 0.2) is 30.5 Å². The second-order valence-electron chi connectivity index (χ2n) is 4.81. The predicted molar refractivity (Wildman–Crippen MR) is 84.9 cm³/mol. The molecule has 0 saturated carbocycles. The van der Waals surface area contributed by atoms with Crippen molar-refractivity contribution in [1.29, 1.82) is 0 Å². The van der Waals surface area contributed by atoms with Crippen LogP contribution in [0.1, 0.15) is 25.8 Å². The van der Waals surface area contributed by atoms with E-state index in [4.69, 9.17) is 11.6 Å². The second kappa shape index (κ2) is 6.57. The smallest absolute Gasteiger partial charge is 0.229 e. The third-order valence-electron chi connectivity index (χ3n) is 3.09. The molecule has 2 aromatic rings. The summed E-state index contributed by atoms with van der Waals surface area (Å²) >= 11 is 6.11. The Morgan fingerprint density at radius 3 is 2.80 bits per heavy atom. The average Bonchev–Trinajstić information content (AvgIpc) is 2.43. The molecule has 1 atom stereocenters. The van der Waals surface area contributed by atoms with Crippen molar-refractivity contribution in [2.45, 2.75) is 33.2 Å². The fraction of sp³-hybridized carbons (Fsp3) is 0.333. The molecule has 4 nitrogen and oxygen atoms in total. The number of anilines is 3. The van der Waals surface area contributed by atoms with Gasteiger partial charge in [0, 0.05) is 22.9 Å². The van der Waals surface area contributed by atoms with Crippen LogP contribution in [0.5, 0.6) is 0 Å². The third kappa shape index (κ3) is 3.84. The lowest BCUT2D eigenvalue weighted by Crippen LogP contribution is -2.14. The van der Waals surface area contributed by atoms with Gasteiger partial charge in [0.25, 0.3) is 0 Å². The fourth-order valence-electron chi connectivity index (χ4n) is 1.65. The molecule has 0 spiro atoms. The number of rotatable bonds is 5. The monoisotopic (exact) mass is 290 g/mol. The number of nitrogens with zero attached hydrogens (tertiary/aromatic N) is 2. The maximum atomic E-state index is 6.11. The molecular weight excluding hydrogens is 272 g/mol.